The Morgan fingerprint density at radius 1 is 1.47 bits per heavy atom. The maximum Gasteiger partial charge on any atom is 0.306 e. The Balaban J connectivity index is 2.84. The molecule has 112 valence electrons. The molecule has 1 aliphatic heterocycles. The molecule has 0 saturated carbocycles. The van der Waals surface area contributed by atoms with Gasteiger partial charge in [0.05, 0.1) is 6.61 Å². The molecule has 0 aliphatic carbocycles. The lowest BCUT2D eigenvalue weighted by atomic mass is 10.1. The van der Waals surface area contributed by atoms with Crippen LogP contribution in [0.4, 0.5) is 0 Å². The Labute approximate surface area is 116 Å². The first-order valence-corrected chi connectivity index (χ1v) is 9.65. The number of carbonyl (C=O) groups is 1. The van der Waals surface area contributed by atoms with Gasteiger partial charge in [0.25, 0.3) is 0 Å². The molecule has 0 radical (unpaired) electrons. The summed E-state index contributed by atoms with van der Waals surface area (Å²) in [5, 5.41) is 19.1. The van der Waals surface area contributed by atoms with Crippen molar-refractivity contribution >= 4 is 14.3 Å². The molecule has 6 heteroatoms. The minimum Gasteiger partial charge on any atom is -0.460 e. The van der Waals surface area contributed by atoms with E-state index in [4.69, 9.17) is 9.16 Å². The second-order valence-corrected chi connectivity index (χ2v) is 11.4. The molecule has 0 unspecified atom stereocenters. The lowest BCUT2D eigenvalue weighted by Gasteiger charge is -2.41. The normalized spacial score (nSPS) is 24.2. The van der Waals surface area contributed by atoms with Crippen molar-refractivity contribution in [2.45, 2.75) is 70.1 Å². The third kappa shape index (κ3) is 4.01. The first-order valence-electron chi connectivity index (χ1n) is 6.74. The lowest BCUT2D eigenvalue weighted by Crippen LogP contribution is -2.52. The Morgan fingerprint density at radius 2 is 2.05 bits per heavy atom. The average Bonchev–Trinajstić information content (AvgIpc) is 2.70. The number of ether oxygens (including phenoxy) is 1. The van der Waals surface area contributed by atoms with E-state index in [1.807, 2.05) is 0 Å². The van der Waals surface area contributed by atoms with Gasteiger partial charge in [-0.25, -0.2) is 0 Å². The number of cyclic esters (lactones) is 1. The van der Waals surface area contributed by atoms with E-state index in [9.17, 15) is 15.0 Å². The number of hydrogen-bond donors (Lipinski definition) is 2. The minimum atomic E-state index is -2.10. The number of aliphatic hydroxyl groups excluding tert-OH is 2. The molecule has 0 aromatic carbocycles. The highest BCUT2D eigenvalue weighted by molar-refractivity contribution is 6.74. The molecule has 1 rings (SSSR count). The van der Waals surface area contributed by atoms with Crippen LogP contribution in [-0.2, 0) is 14.0 Å². The highest BCUT2D eigenvalue weighted by Gasteiger charge is 2.44. The zero-order valence-corrected chi connectivity index (χ0v) is 13.5. The van der Waals surface area contributed by atoms with E-state index in [1.165, 1.54) is 0 Å². The summed E-state index contributed by atoms with van der Waals surface area (Å²) in [6, 6.07) is 0. The van der Waals surface area contributed by atoms with Crippen LogP contribution in [0.3, 0.4) is 0 Å². The number of rotatable bonds is 5. The van der Waals surface area contributed by atoms with Crippen LogP contribution in [0.25, 0.3) is 0 Å². The van der Waals surface area contributed by atoms with Gasteiger partial charge in [0.1, 0.15) is 18.3 Å². The van der Waals surface area contributed by atoms with Gasteiger partial charge in [-0.1, -0.05) is 20.8 Å². The van der Waals surface area contributed by atoms with Crippen LogP contribution in [0.1, 0.15) is 33.6 Å². The van der Waals surface area contributed by atoms with E-state index < -0.39 is 33.2 Å². The van der Waals surface area contributed by atoms with Crippen molar-refractivity contribution in [1.29, 1.82) is 0 Å². The maximum absolute atomic E-state index is 11.2. The van der Waals surface area contributed by atoms with Crippen LogP contribution in [0.15, 0.2) is 0 Å². The van der Waals surface area contributed by atoms with Crippen molar-refractivity contribution in [3.05, 3.63) is 0 Å². The van der Waals surface area contributed by atoms with Crippen LogP contribution in [0.2, 0.25) is 18.1 Å². The van der Waals surface area contributed by atoms with Gasteiger partial charge in [0.15, 0.2) is 8.32 Å². The number of hydrogen-bond acceptors (Lipinski definition) is 5. The smallest absolute Gasteiger partial charge is 0.306 e. The van der Waals surface area contributed by atoms with Gasteiger partial charge in [0.2, 0.25) is 0 Å². The Morgan fingerprint density at radius 3 is 2.42 bits per heavy atom. The van der Waals surface area contributed by atoms with E-state index >= 15 is 0 Å². The van der Waals surface area contributed by atoms with Gasteiger partial charge in [0, 0.05) is 6.42 Å². The van der Waals surface area contributed by atoms with Crippen LogP contribution in [0.5, 0.6) is 0 Å². The third-order valence-electron chi connectivity index (χ3n) is 4.09. The molecule has 19 heavy (non-hydrogen) atoms. The molecular weight excluding hydrogens is 264 g/mol. The molecule has 0 amide bonds. The largest absolute Gasteiger partial charge is 0.460 e. The van der Waals surface area contributed by atoms with Crippen LogP contribution in [-0.4, -0.2) is 49.4 Å². The second kappa shape index (κ2) is 5.91. The van der Waals surface area contributed by atoms with Gasteiger partial charge in [-0.2, -0.15) is 0 Å². The van der Waals surface area contributed by atoms with E-state index in [1.54, 1.807) is 0 Å². The zero-order valence-electron chi connectivity index (χ0n) is 12.5. The fourth-order valence-electron chi connectivity index (χ4n) is 1.80. The second-order valence-electron chi connectivity index (χ2n) is 6.66. The Bertz CT molecular complexity index is 323. The SMILES string of the molecule is CC(C)(C)[Si](C)(C)O[C@H]([C@H](O)CO)[C@@H]1CCC(=O)O1. The Kier molecular flexibility index (Phi) is 5.17. The molecule has 0 aromatic heterocycles. The third-order valence-corrected chi connectivity index (χ3v) is 8.56. The molecule has 1 saturated heterocycles. The van der Waals surface area contributed by atoms with Gasteiger partial charge < -0.3 is 19.4 Å². The highest BCUT2D eigenvalue weighted by atomic mass is 28.4. The fraction of sp³-hybridized carbons (Fsp3) is 0.923. The van der Waals surface area contributed by atoms with Gasteiger partial charge in [-0.15, -0.1) is 0 Å². The fourth-order valence-corrected chi connectivity index (χ4v) is 3.14. The summed E-state index contributed by atoms with van der Waals surface area (Å²) in [5.74, 6) is -0.265. The number of carbonyl (C=O) groups excluding carboxylic acids is 1. The molecule has 0 spiro atoms. The molecule has 1 heterocycles. The van der Waals surface area contributed by atoms with E-state index in [2.05, 4.69) is 33.9 Å². The first kappa shape index (κ1) is 16.6. The van der Waals surface area contributed by atoms with Crippen molar-refractivity contribution < 1.29 is 24.2 Å². The predicted octanol–water partition coefficient (Wildman–Crippen LogP) is 1.44. The van der Waals surface area contributed by atoms with Crippen molar-refractivity contribution in [3.8, 4) is 0 Å². The van der Waals surface area contributed by atoms with Crippen molar-refractivity contribution in [1.82, 2.24) is 0 Å². The van der Waals surface area contributed by atoms with E-state index in [0.717, 1.165) is 0 Å². The van der Waals surface area contributed by atoms with Crippen molar-refractivity contribution in [2.75, 3.05) is 6.61 Å². The van der Waals surface area contributed by atoms with Crippen LogP contribution in [0, 0.1) is 0 Å². The molecule has 3 atom stereocenters. The predicted molar refractivity (Wildman–Crippen MR) is 74.3 cm³/mol. The maximum atomic E-state index is 11.2. The van der Waals surface area contributed by atoms with Crippen molar-refractivity contribution in [2.24, 2.45) is 0 Å². The molecule has 0 aromatic rings. The van der Waals surface area contributed by atoms with Gasteiger partial charge in [-0.05, 0) is 24.6 Å². The van der Waals surface area contributed by atoms with Crippen LogP contribution >= 0.6 is 0 Å². The van der Waals surface area contributed by atoms with E-state index in [-0.39, 0.29) is 11.0 Å². The summed E-state index contributed by atoms with van der Waals surface area (Å²) < 4.78 is 11.3. The quantitative estimate of drug-likeness (QED) is 0.592. The van der Waals surface area contributed by atoms with Gasteiger partial charge >= 0.3 is 5.97 Å². The van der Waals surface area contributed by atoms with Crippen molar-refractivity contribution in [3.63, 3.8) is 0 Å². The lowest BCUT2D eigenvalue weighted by molar-refractivity contribution is -0.149. The average molecular weight is 290 g/mol. The molecule has 1 fully saturated rings. The molecule has 2 N–H and O–H groups in total. The summed E-state index contributed by atoms with van der Waals surface area (Å²) in [6.45, 7) is 10.0. The number of aliphatic hydroxyl groups is 2. The summed E-state index contributed by atoms with van der Waals surface area (Å²) in [6.07, 6.45) is -1.24. The molecule has 0 bridgehead atoms. The van der Waals surface area contributed by atoms with Crippen LogP contribution < -0.4 is 0 Å². The molecule has 1 aliphatic rings. The standard InChI is InChI=1S/C13H26O5Si/c1-13(2,3)19(4,5)18-12(9(15)8-14)10-6-7-11(16)17-10/h9-10,12,14-15H,6-8H2,1-5H3/t9-,10+,12-/m1/s1. The monoisotopic (exact) mass is 290 g/mol. The first-order chi connectivity index (χ1) is 8.58. The Hall–Kier alpha value is -0.433. The summed E-state index contributed by atoms with van der Waals surface area (Å²) >= 11 is 0. The zero-order chi connectivity index (χ0) is 14.8. The molecular formula is C13H26O5Si. The highest BCUT2D eigenvalue weighted by Crippen LogP contribution is 2.39. The van der Waals surface area contributed by atoms with E-state index in [0.29, 0.717) is 12.8 Å². The molecule has 5 nitrogen and oxygen atoms in total. The van der Waals surface area contributed by atoms with Gasteiger partial charge in [-0.3, -0.25) is 4.79 Å². The summed E-state index contributed by atoms with van der Waals surface area (Å²) in [4.78, 5) is 11.2. The topological polar surface area (TPSA) is 76.0 Å². The summed E-state index contributed by atoms with van der Waals surface area (Å²) in [5.41, 5.74) is 0. The minimum absolute atomic E-state index is 0.0109. The summed E-state index contributed by atoms with van der Waals surface area (Å²) in [7, 11) is -2.10. The number of esters is 1.